The summed E-state index contributed by atoms with van der Waals surface area (Å²) in [6.07, 6.45) is 1.38. The Hall–Kier alpha value is -2.05. The Balaban J connectivity index is 1.43. The summed E-state index contributed by atoms with van der Waals surface area (Å²) in [5.74, 6) is 0.435. The largest absolute Gasteiger partial charge is 0.451 e. The first-order chi connectivity index (χ1) is 13.0. The van der Waals surface area contributed by atoms with E-state index in [4.69, 9.17) is 20.8 Å². The molecule has 0 saturated carbocycles. The van der Waals surface area contributed by atoms with Crippen LogP contribution >= 0.6 is 11.6 Å². The molecule has 6 nitrogen and oxygen atoms in total. The molecule has 0 atom stereocenters. The van der Waals surface area contributed by atoms with Gasteiger partial charge in [0, 0.05) is 48.1 Å². The van der Waals surface area contributed by atoms with Gasteiger partial charge < -0.3 is 19.0 Å². The summed E-state index contributed by atoms with van der Waals surface area (Å²) in [6.45, 7) is 5.56. The molecule has 7 heteroatoms. The second-order valence-electron chi connectivity index (χ2n) is 7.20. The monoisotopic (exact) mass is 390 g/mol. The lowest BCUT2D eigenvalue weighted by Gasteiger charge is -2.35. The van der Waals surface area contributed by atoms with Gasteiger partial charge in [-0.05, 0) is 38.0 Å². The molecule has 2 aliphatic rings. The van der Waals surface area contributed by atoms with Crippen LogP contribution in [0.3, 0.4) is 0 Å². The molecule has 2 amide bonds. The van der Waals surface area contributed by atoms with Gasteiger partial charge in [0.25, 0.3) is 5.91 Å². The van der Waals surface area contributed by atoms with Crippen molar-refractivity contribution in [2.45, 2.75) is 19.8 Å². The van der Waals surface area contributed by atoms with E-state index in [1.54, 1.807) is 17.0 Å². The van der Waals surface area contributed by atoms with Crippen molar-refractivity contribution in [2.75, 3.05) is 39.4 Å². The Morgan fingerprint density at radius 2 is 1.78 bits per heavy atom. The van der Waals surface area contributed by atoms with E-state index >= 15 is 0 Å². The number of fused-ring (bicyclic) bond motifs is 1. The number of likely N-dealkylation sites (tertiary alicyclic amines) is 1. The second kappa shape index (κ2) is 7.52. The standard InChI is InChI=1S/C20H23ClN2O4/c1-13-16-12-15(21)2-3-17(16)27-18(13)20(25)22-6-4-14(5-7-22)19(24)23-8-10-26-11-9-23/h2-3,12,14H,4-11H2,1H3. The third-order valence-corrected chi connectivity index (χ3v) is 5.78. The number of amides is 2. The van der Waals surface area contributed by atoms with Gasteiger partial charge in [-0.2, -0.15) is 0 Å². The number of hydrogen-bond donors (Lipinski definition) is 0. The first-order valence-corrected chi connectivity index (χ1v) is 9.77. The number of morpholine rings is 1. The highest BCUT2D eigenvalue weighted by Crippen LogP contribution is 2.30. The predicted molar refractivity (Wildman–Crippen MR) is 102 cm³/mol. The van der Waals surface area contributed by atoms with Gasteiger partial charge in [-0.3, -0.25) is 9.59 Å². The quantitative estimate of drug-likeness (QED) is 0.790. The van der Waals surface area contributed by atoms with Crippen LogP contribution < -0.4 is 0 Å². The van der Waals surface area contributed by atoms with Gasteiger partial charge in [0.15, 0.2) is 5.76 Å². The topological polar surface area (TPSA) is 63.0 Å². The van der Waals surface area contributed by atoms with E-state index in [1.807, 2.05) is 17.9 Å². The van der Waals surface area contributed by atoms with Crippen LogP contribution in [-0.2, 0) is 9.53 Å². The zero-order valence-corrected chi connectivity index (χ0v) is 16.1. The summed E-state index contributed by atoms with van der Waals surface area (Å²) in [7, 11) is 0. The van der Waals surface area contributed by atoms with Crippen LogP contribution in [0.25, 0.3) is 11.0 Å². The van der Waals surface area contributed by atoms with E-state index in [0.29, 0.717) is 68.6 Å². The minimum Gasteiger partial charge on any atom is -0.451 e. The van der Waals surface area contributed by atoms with Gasteiger partial charge >= 0.3 is 0 Å². The molecule has 27 heavy (non-hydrogen) atoms. The summed E-state index contributed by atoms with van der Waals surface area (Å²) in [4.78, 5) is 29.3. The molecule has 0 N–H and O–H groups in total. The summed E-state index contributed by atoms with van der Waals surface area (Å²) >= 11 is 6.06. The molecule has 0 aliphatic carbocycles. The molecule has 2 aromatic rings. The number of hydrogen-bond acceptors (Lipinski definition) is 4. The molecule has 2 fully saturated rings. The lowest BCUT2D eigenvalue weighted by Crippen LogP contribution is -2.47. The van der Waals surface area contributed by atoms with E-state index in [9.17, 15) is 9.59 Å². The normalized spacial score (nSPS) is 18.9. The van der Waals surface area contributed by atoms with Crippen LogP contribution in [0.4, 0.5) is 0 Å². The molecule has 1 aromatic heterocycles. The lowest BCUT2D eigenvalue weighted by molar-refractivity contribution is -0.141. The van der Waals surface area contributed by atoms with Crippen LogP contribution in [0.5, 0.6) is 0 Å². The van der Waals surface area contributed by atoms with Crippen LogP contribution in [0.15, 0.2) is 22.6 Å². The number of furan rings is 1. The van der Waals surface area contributed by atoms with Crippen molar-refractivity contribution in [3.05, 3.63) is 34.5 Å². The SMILES string of the molecule is Cc1c(C(=O)N2CCC(C(=O)N3CCOCC3)CC2)oc2ccc(Cl)cc12. The van der Waals surface area contributed by atoms with Gasteiger partial charge in [-0.1, -0.05) is 11.6 Å². The Bertz CT molecular complexity index is 864. The maximum atomic E-state index is 12.9. The predicted octanol–water partition coefficient (Wildman–Crippen LogP) is 3.11. The Morgan fingerprint density at radius 1 is 1.07 bits per heavy atom. The molecule has 4 rings (SSSR count). The van der Waals surface area contributed by atoms with E-state index in [2.05, 4.69) is 0 Å². The van der Waals surface area contributed by atoms with Crippen LogP contribution in [0, 0.1) is 12.8 Å². The molecule has 0 unspecified atom stereocenters. The third kappa shape index (κ3) is 3.56. The molecular formula is C20H23ClN2O4. The molecule has 0 bridgehead atoms. The van der Waals surface area contributed by atoms with Crippen molar-refractivity contribution in [3.63, 3.8) is 0 Å². The number of nitrogens with zero attached hydrogens (tertiary/aromatic N) is 2. The zero-order valence-electron chi connectivity index (χ0n) is 15.4. The van der Waals surface area contributed by atoms with Gasteiger partial charge in [-0.25, -0.2) is 0 Å². The first-order valence-electron chi connectivity index (χ1n) is 9.39. The molecule has 0 spiro atoms. The number of benzene rings is 1. The number of piperidine rings is 1. The molecule has 2 aliphatic heterocycles. The summed E-state index contributed by atoms with van der Waals surface area (Å²) in [5.41, 5.74) is 1.47. The van der Waals surface area contributed by atoms with Gasteiger partial charge in [-0.15, -0.1) is 0 Å². The second-order valence-corrected chi connectivity index (χ2v) is 7.64. The maximum absolute atomic E-state index is 12.9. The zero-order chi connectivity index (χ0) is 19.0. The first kappa shape index (κ1) is 18.3. The molecular weight excluding hydrogens is 368 g/mol. The van der Waals surface area contributed by atoms with Crippen molar-refractivity contribution < 1.29 is 18.7 Å². The Morgan fingerprint density at radius 3 is 2.48 bits per heavy atom. The highest BCUT2D eigenvalue weighted by atomic mass is 35.5. The van der Waals surface area contributed by atoms with E-state index in [0.717, 1.165) is 10.9 Å². The van der Waals surface area contributed by atoms with Crippen molar-refractivity contribution in [2.24, 2.45) is 5.92 Å². The van der Waals surface area contributed by atoms with Gasteiger partial charge in [0.2, 0.25) is 5.91 Å². The summed E-state index contributed by atoms with van der Waals surface area (Å²) in [6, 6.07) is 5.36. The van der Waals surface area contributed by atoms with Gasteiger partial charge in [0.1, 0.15) is 5.58 Å². The maximum Gasteiger partial charge on any atom is 0.289 e. The third-order valence-electron chi connectivity index (χ3n) is 5.55. The number of halogens is 1. The van der Waals surface area contributed by atoms with Gasteiger partial charge in [0.05, 0.1) is 13.2 Å². The average molecular weight is 391 g/mol. The fourth-order valence-corrected chi connectivity index (χ4v) is 4.08. The fraction of sp³-hybridized carbons (Fsp3) is 0.500. The number of carbonyl (C=O) groups excluding carboxylic acids is 2. The fourth-order valence-electron chi connectivity index (χ4n) is 3.91. The molecule has 2 saturated heterocycles. The van der Waals surface area contributed by atoms with Crippen LogP contribution in [0.1, 0.15) is 29.0 Å². The van der Waals surface area contributed by atoms with Crippen LogP contribution in [0.2, 0.25) is 5.02 Å². The van der Waals surface area contributed by atoms with E-state index in [1.165, 1.54) is 0 Å². The minimum absolute atomic E-state index is 0.0114. The Labute approximate surface area is 163 Å². The number of ether oxygens (including phenoxy) is 1. The average Bonchev–Trinajstić information content (AvgIpc) is 3.04. The summed E-state index contributed by atoms with van der Waals surface area (Å²) in [5, 5.41) is 1.48. The van der Waals surface area contributed by atoms with E-state index in [-0.39, 0.29) is 17.7 Å². The molecule has 0 radical (unpaired) electrons. The van der Waals surface area contributed by atoms with Crippen molar-refractivity contribution in [3.8, 4) is 0 Å². The molecule has 1 aromatic carbocycles. The van der Waals surface area contributed by atoms with Crippen molar-refractivity contribution in [1.29, 1.82) is 0 Å². The lowest BCUT2D eigenvalue weighted by atomic mass is 9.94. The number of carbonyl (C=O) groups is 2. The molecule has 144 valence electrons. The van der Waals surface area contributed by atoms with E-state index < -0.39 is 0 Å². The van der Waals surface area contributed by atoms with Crippen LogP contribution in [-0.4, -0.2) is 61.0 Å². The molecule has 3 heterocycles. The van der Waals surface area contributed by atoms with Crippen molar-refractivity contribution >= 4 is 34.4 Å². The smallest absolute Gasteiger partial charge is 0.289 e. The Kier molecular flexibility index (Phi) is 5.10. The number of rotatable bonds is 2. The highest BCUT2D eigenvalue weighted by molar-refractivity contribution is 6.31. The highest BCUT2D eigenvalue weighted by Gasteiger charge is 2.32. The summed E-state index contributed by atoms with van der Waals surface area (Å²) < 4.78 is 11.1. The number of aryl methyl sites for hydroxylation is 1. The minimum atomic E-state index is -0.114. The van der Waals surface area contributed by atoms with Crippen molar-refractivity contribution in [1.82, 2.24) is 9.80 Å².